The highest BCUT2D eigenvalue weighted by Gasteiger charge is 2.33. The molecule has 1 aliphatic heterocycles. The fourth-order valence-corrected chi connectivity index (χ4v) is 2.36. The molecule has 0 saturated carbocycles. The lowest BCUT2D eigenvalue weighted by Gasteiger charge is -2.34. The lowest BCUT2D eigenvalue weighted by atomic mass is 10.0. The summed E-state index contributed by atoms with van der Waals surface area (Å²) in [5.41, 5.74) is 1.06. The third-order valence-corrected chi connectivity index (χ3v) is 3.29. The van der Waals surface area contributed by atoms with Crippen molar-refractivity contribution >= 4 is 6.09 Å². The van der Waals surface area contributed by atoms with Gasteiger partial charge in [0.1, 0.15) is 5.60 Å². The minimum Gasteiger partial charge on any atom is -0.444 e. The summed E-state index contributed by atoms with van der Waals surface area (Å²) in [4.78, 5) is 25.6. The highest BCUT2D eigenvalue weighted by Crippen LogP contribution is 2.27. The van der Waals surface area contributed by atoms with Gasteiger partial charge in [0, 0.05) is 19.2 Å². The highest BCUT2D eigenvalue weighted by atomic mass is 16.6. The Morgan fingerprint density at radius 3 is 2.63 bits per heavy atom. The van der Waals surface area contributed by atoms with Gasteiger partial charge in [-0.15, -0.1) is 0 Å². The van der Waals surface area contributed by atoms with Crippen LogP contribution >= 0.6 is 0 Å². The molecular formula is C13H21N3O3. The molecule has 106 valence electrons. The van der Waals surface area contributed by atoms with E-state index in [2.05, 4.69) is 5.10 Å². The summed E-state index contributed by atoms with van der Waals surface area (Å²) in [6, 6.07) is -0.174. The molecule has 1 amide bonds. The Morgan fingerprint density at radius 2 is 2.05 bits per heavy atom. The third-order valence-electron chi connectivity index (χ3n) is 3.29. The van der Waals surface area contributed by atoms with Gasteiger partial charge in [0.2, 0.25) is 0 Å². The molecule has 0 bridgehead atoms. The minimum atomic E-state index is -0.513. The largest absolute Gasteiger partial charge is 0.444 e. The molecule has 1 aliphatic rings. The Hall–Kier alpha value is -1.72. The monoisotopic (exact) mass is 267 g/mol. The molecule has 0 aliphatic carbocycles. The number of hydrogen-bond acceptors (Lipinski definition) is 3. The SMILES string of the molecule is C[C@H]1c2[nH]n(C)c(=O)c2CCN1C(=O)OC(C)(C)C. The van der Waals surface area contributed by atoms with Gasteiger partial charge in [-0.05, 0) is 34.1 Å². The number of aryl methyl sites for hydroxylation is 1. The van der Waals surface area contributed by atoms with E-state index in [1.165, 1.54) is 4.68 Å². The van der Waals surface area contributed by atoms with E-state index in [1.54, 1.807) is 11.9 Å². The van der Waals surface area contributed by atoms with Gasteiger partial charge in [0.05, 0.1) is 11.7 Å². The van der Waals surface area contributed by atoms with Crippen molar-refractivity contribution in [2.45, 2.75) is 45.8 Å². The van der Waals surface area contributed by atoms with Crippen LogP contribution in [0.15, 0.2) is 4.79 Å². The van der Waals surface area contributed by atoms with Crippen molar-refractivity contribution in [2.24, 2.45) is 7.05 Å². The smallest absolute Gasteiger partial charge is 0.410 e. The van der Waals surface area contributed by atoms with Crippen molar-refractivity contribution in [2.75, 3.05) is 6.54 Å². The molecule has 1 N–H and O–H groups in total. The number of hydrogen-bond donors (Lipinski definition) is 1. The number of aromatic amines is 1. The lowest BCUT2D eigenvalue weighted by molar-refractivity contribution is 0.0155. The summed E-state index contributed by atoms with van der Waals surface area (Å²) in [7, 11) is 1.69. The van der Waals surface area contributed by atoms with Crippen LogP contribution in [0.25, 0.3) is 0 Å². The van der Waals surface area contributed by atoms with E-state index >= 15 is 0 Å². The maximum atomic E-state index is 12.1. The molecule has 0 aromatic carbocycles. The van der Waals surface area contributed by atoms with Crippen LogP contribution in [0.5, 0.6) is 0 Å². The zero-order valence-electron chi connectivity index (χ0n) is 12.1. The zero-order chi connectivity index (χ0) is 14.4. The zero-order valence-corrected chi connectivity index (χ0v) is 12.1. The first-order valence-corrected chi connectivity index (χ1v) is 6.48. The Bertz CT molecular complexity index is 550. The Labute approximate surface area is 112 Å². The number of H-pyrrole nitrogens is 1. The molecule has 1 aromatic rings. The Balaban J connectivity index is 2.24. The maximum Gasteiger partial charge on any atom is 0.410 e. The van der Waals surface area contributed by atoms with E-state index in [0.29, 0.717) is 13.0 Å². The molecule has 6 heteroatoms. The molecule has 2 rings (SSSR count). The fraction of sp³-hybridized carbons (Fsp3) is 0.692. The summed E-state index contributed by atoms with van der Waals surface area (Å²) in [5.74, 6) is 0. The van der Waals surface area contributed by atoms with Crippen LogP contribution in [0.3, 0.4) is 0 Å². The molecule has 0 spiro atoms. The molecule has 6 nitrogen and oxygen atoms in total. The molecule has 0 saturated heterocycles. The number of nitrogens with one attached hydrogen (secondary N) is 1. The van der Waals surface area contributed by atoms with Gasteiger partial charge in [-0.1, -0.05) is 0 Å². The topological polar surface area (TPSA) is 67.3 Å². The van der Waals surface area contributed by atoms with E-state index < -0.39 is 5.60 Å². The molecule has 1 aromatic heterocycles. The van der Waals surface area contributed by atoms with E-state index in [0.717, 1.165) is 11.3 Å². The van der Waals surface area contributed by atoms with E-state index in [-0.39, 0.29) is 17.7 Å². The summed E-state index contributed by atoms with van der Waals surface area (Å²) in [6.45, 7) is 7.94. The second-order valence-corrected chi connectivity index (χ2v) is 5.97. The molecule has 0 radical (unpaired) electrons. The van der Waals surface area contributed by atoms with Crippen molar-refractivity contribution in [1.29, 1.82) is 0 Å². The standard InChI is InChI=1S/C13H21N3O3/c1-8-10-9(11(17)15(5)14-10)6-7-16(8)12(18)19-13(2,3)4/h8,14H,6-7H2,1-5H3/t8-/m0/s1. The number of nitrogens with zero attached hydrogens (tertiary/aromatic N) is 2. The van der Waals surface area contributed by atoms with Gasteiger partial charge >= 0.3 is 6.09 Å². The van der Waals surface area contributed by atoms with Gasteiger partial charge in [0.15, 0.2) is 0 Å². The number of aromatic nitrogens is 2. The molecular weight excluding hydrogens is 246 g/mol. The number of amides is 1. The quantitative estimate of drug-likeness (QED) is 0.775. The van der Waals surface area contributed by atoms with E-state index in [1.807, 2.05) is 27.7 Å². The molecule has 0 unspecified atom stereocenters. The van der Waals surface area contributed by atoms with Crippen LogP contribution in [0.1, 0.15) is 45.0 Å². The first kappa shape index (κ1) is 13.7. The van der Waals surface area contributed by atoms with Crippen molar-refractivity contribution < 1.29 is 9.53 Å². The first-order valence-electron chi connectivity index (χ1n) is 6.48. The third kappa shape index (κ3) is 2.52. The summed E-state index contributed by atoms with van der Waals surface area (Å²) >= 11 is 0. The summed E-state index contributed by atoms with van der Waals surface area (Å²) in [5, 5.41) is 3.02. The Kier molecular flexibility index (Phi) is 3.20. The highest BCUT2D eigenvalue weighted by molar-refractivity contribution is 5.69. The Morgan fingerprint density at radius 1 is 1.42 bits per heavy atom. The van der Waals surface area contributed by atoms with E-state index in [4.69, 9.17) is 4.74 Å². The van der Waals surface area contributed by atoms with Crippen molar-refractivity contribution in [3.8, 4) is 0 Å². The number of fused-ring (bicyclic) bond motifs is 1. The second-order valence-electron chi connectivity index (χ2n) is 5.97. The molecule has 1 atom stereocenters. The number of ether oxygens (including phenoxy) is 1. The fourth-order valence-electron chi connectivity index (χ4n) is 2.36. The van der Waals surface area contributed by atoms with Crippen LogP contribution in [0.4, 0.5) is 4.79 Å². The van der Waals surface area contributed by atoms with Gasteiger partial charge in [-0.3, -0.25) is 19.5 Å². The number of rotatable bonds is 0. The van der Waals surface area contributed by atoms with E-state index in [9.17, 15) is 9.59 Å². The van der Waals surface area contributed by atoms with Crippen LogP contribution in [0, 0.1) is 0 Å². The maximum absolute atomic E-state index is 12.1. The molecule has 2 heterocycles. The predicted molar refractivity (Wildman–Crippen MR) is 71.1 cm³/mol. The minimum absolute atomic E-state index is 0.00862. The predicted octanol–water partition coefficient (Wildman–Crippen LogP) is 1.57. The van der Waals surface area contributed by atoms with Crippen molar-refractivity contribution in [3.05, 3.63) is 21.6 Å². The second kappa shape index (κ2) is 4.43. The summed E-state index contributed by atoms with van der Waals surface area (Å²) < 4.78 is 6.85. The average Bonchev–Trinajstić information content (AvgIpc) is 2.55. The van der Waals surface area contributed by atoms with Crippen LogP contribution in [-0.4, -0.2) is 32.9 Å². The van der Waals surface area contributed by atoms with Crippen LogP contribution < -0.4 is 5.56 Å². The molecule has 0 fully saturated rings. The lowest BCUT2D eigenvalue weighted by Crippen LogP contribution is -2.42. The van der Waals surface area contributed by atoms with Crippen LogP contribution in [0.2, 0.25) is 0 Å². The van der Waals surface area contributed by atoms with Crippen molar-refractivity contribution in [3.63, 3.8) is 0 Å². The summed E-state index contributed by atoms with van der Waals surface area (Å²) in [6.07, 6.45) is 0.227. The van der Waals surface area contributed by atoms with Crippen LogP contribution in [-0.2, 0) is 18.2 Å². The first-order chi connectivity index (χ1) is 8.70. The van der Waals surface area contributed by atoms with Gasteiger partial charge < -0.3 is 4.74 Å². The van der Waals surface area contributed by atoms with Gasteiger partial charge in [0.25, 0.3) is 5.56 Å². The van der Waals surface area contributed by atoms with Crippen molar-refractivity contribution in [1.82, 2.24) is 14.7 Å². The van der Waals surface area contributed by atoms with Gasteiger partial charge in [-0.25, -0.2) is 4.79 Å². The number of carbonyl (C=O) groups excluding carboxylic acids is 1. The molecule has 19 heavy (non-hydrogen) atoms. The van der Waals surface area contributed by atoms with Gasteiger partial charge in [-0.2, -0.15) is 0 Å². The number of carbonyl (C=O) groups is 1. The average molecular weight is 267 g/mol. The normalized spacial score (nSPS) is 19.2.